The smallest absolute Gasteiger partial charge is 0.162 e. The molecule has 2 heterocycles. The SMILES string of the molecule is Clc1cccc2c1NC(SCN1CCSC1)=NC2. The maximum Gasteiger partial charge on any atom is 0.162 e. The highest BCUT2D eigenvalue weighted by molar-refractivity contribution is 8.14. The Morgan fingerprint density at radius 2 is 2.44 bits per heavy atom. The van der Waals surface area contributed by atoms with Gasteiger partial charge in [-0.1, -0.05) is 35.5 Å². The average Bonchev–Trinajstić information content (AvgIpc) is 2.90. The zero-order chi connectivity index (χ0) is 12.4. The van der Waals surface area contributed by atoms with Gasteiger partial charge in [0.25, 0.3) is 0 Å². The van der Waals surface area contributed by atoms with Crippen molar-refractivity contribution < 1.29 is 0 Å². The quantitative estimate of drug-likeness (QED) is 0.906. The third kappa shape index (κ3) is 2.79. The molecule has 0 radical (unpaired) electrons. The van der Waals surface area contributed by atoms with E-state index in [1.165, 1.54) is 17.9 Å². The van der Waals surface area contributed by atoms with E-state index in [4.69, 9.17) is 11.6 Å². The number of fused-ring (bicyclic) bond motifs is 1. The van der Waals surface area contributed by atoms with E-state index in [1.807, 2.05) is 23.9 Å². The zero-order valence-electron chi connectivity index (χ0n) is 9.86. The highest BCUT2D eigenvalue weighted by atomic mass is 35.5. The number of nitrogens with zero attached hydrogens (tertiary/aromatic N) is 2. The molecule has 6 heteroatoms. The first kappa shape index (κ1) is 12.7. The Hall–Kier alpha value is -0.360. The molecule has 0 saturated carbocycles. The van der Waals surface area contributed by atoms with Gasteiger partial charge in [-0.3, -0.25) is 9.89 Å². The molecule has 96 valence electrons. The van der Waals surface area contributed by atoms with Gasteiger partial charge in [-0.2, -0.15) is 0 Å². The maximum atomic E-state index is 6.19. The minimum absolute atomic E-state index is 0.722. The summed E-state index contributed by atoms with van der Waals surface area (Å²) < 4.78 is 0. The lowest BCUT2D eigenvalue weighted by atomic mass is 10.1. The molecule has 1 fully saturated rings. The van der Waals surface area contributed by atoms with Crippen molar-refractivity contribution in [3.8, 4) is 0 Å². The molecule has 1 aromatic carbocycles. The van der Waals surface area contributed by atoms with E-state index in [9.17, 15) is 0 Å². The van der Waals surface area contributed by atoms with Gasteiger partial charge in [0.15, 0.2) is 5.17 Å². The molecule has 0 atom stereocenters. The minimum Gasteiger partial charge on any atom is -0.333 e. The molecule has 18 heavy (non-hydrogen) atoms. The topological polar surface area (TPSA) is 27.6 Å². The standard InChI is InChI=1S/C12H14ClN3S2/c13-10-3-1-2-9-6-14-12(15-11(9)10)18-8-16-4-5-17-7-16/h1-3H,4-8H2,(H,14,15). The summed E-state index contributed by atoms with van der Waals surface area (Å²) in [6.07, 6.45) is 0. The summed E-state index contributed by atoms with van der Waals surface area (Å²) in [6.45, 7) is 1.91. The molecule has 2 aliphatic rings. The number of benzene rings is 1. The number of aliphatic imine (C=N–C) groups is 1. The van der Waals surface area contributed by atoms with Crippen LogP contribution in [0.25, 0.3) is 0 Å². The van der Waals surface area contributed by atoms with Crippen LogP contribution in [0.4, 0.5) is 5.69 Å². The van der Waals surface area contributed by atoms with Crippen molar-refractivity contribution in [2.45, 2.75) is 6.54 Å². The molecule has 0 aromatic heterocycles. The summed E-state index contributed by atoms with van der Waals surface area (Å²) in [5.41, 5.74) is 2.19. The molecule has 2 aliphatic heterocycles. The van der Waals surface area contributed by atoms with Gasteiger partial charge in [-0.25, -0.2) is 0 Å². The maximum absolute atomic E-state index is 6.19. The Morgan fingerprint density at radius 1 is 1.50 bits per heavy atom. The molecule has 3 nitrogen and oxygen atoms in total. The van der Waals surface area contributed by atoms with E-state index < -0.39 is 0 Å². The molecule has 1 N–H and O–H groups in total. The molecular formula is C12H14ClN3S2. The predicted octanol–water partition coefficient (Wildman–Crippen LogP) is 3.32. The van der Waals surface area contributed by atoms with Gasteiger partial charge < -0.3 is 5.32 Å². The fourth-order valence-electron chi connectivity index (χ4n) is 1.93. The van der Waals surface area contributed by atoms with Crippen molar-refractivity contribution >= 4 is 46.0 Å². The van der Waals surface area contributed by atoms with Gasteiger partial charge in [0.05, 0.1) is 23.1 Å². The number of hydrogen-bond donors (Lipinski definition) is 1. The van der Waals surface area contributed by atoms with Crippen LogP contribution in [0.3, 0.4) is 0 Å². The fraction of sp³-hybridized carbons (Fsp3) is 0.417. The summed E-state index contributed by atoms with van der Waals surface area (Å²) in [4.78, 5) is 6.98. The summed E-state index contributed by atoms with van der Waals surface area (Å²) in [7, 11) is 0. The van der Waals surface area contributed by atoms with Crippen molar-refractivity contribution in [3.63, 3.8) is 0 Å². The number of para-hydroxylation sites is 1. The van der Waals surface area contributed by atoms with E-state index in [1.54, 1.807) is 11.8 Å². The zero-order valence-corrected chi connectivity index (χ0v) is 12.2. The van der Waals surface area contributed by atoms with Crippen LogP contribution in [0, 0.1) is 0 Å². The van der Waals surface area contributed by atoms with E-state index in [2.05, 4.69) is 21.3 Å². The fourth-order valence-corrected chi connectivity index (χ4v) is 4.14. The number of hydrogen-bond acceptors (Lipinski definition) is 5. The van der Waals surface area contributed by atoms with Crippen LogP contribution in [-0.4, -0.2) is 34.1 Å². The molecule has 1 aromatic rings. The Kier molecular flexibility index (Phi) is 4.03. The van der Waals surface area contributed by atoms with E-state index in [0.29, 0.717) is 0 Å². The molecule has 0 amide bonds. The first-order valence-electron chi connectivity index (χ1n) is 5.85. The van der Waals surface area contributed by atoms with Crippen molar-refractivity contribution in [1.29, 1.82) is 0 Å². The summed E-state index contributed by atoms with van der Waals surface area (Å²) in [5.74, 6) is 3.38. The van der Waals surface area contributed by atoms with E-state index >= 15 is 0 Å². The second kappa shape index (κ2) is 5.74. The molecule has 1 saturated heterocycles. The molecule has 0 spiro atoms. The third-order valence-electron chi connectivity index (χ3n) is 2.93. The van der Waals surface area contributed by atoms with Gasteiger partial charge in [0.2, 0.25) is 0 Å². The number of rotatable bonds is 2. The van der Waals surface area contributed by atoms with Gasteiger partial charge in [-0.05, 0) is 11.6 Å². The first-order chi connectivity index (χ1) is 8.83. The summed E-state index contributed by atoms with van der Waals surface area (Å²) >= 11 is 9.95. The average molecular weight is 300 g/mol. The molecule has 0 unspecified atom stereocenters. The van der Waals surface area contributed by atoms with Crippen LogP contribution in [0.15, 0.2) is 23.2 Å². The third-order valence-corrected chi connectivity index (χ3v) is 5.27. The van der Waals surface area contributed by atoms with Crippen LogP contribution in [-0.2, 0) is 6.54 Å². The second-order valence-electron chi connectivity index (χ2n) is 4.23. The summed E-state index contributed by atoms with van der Waals surface area (Å²) in [6, 6.07) is 5.95. The Labute approximate surface area is 120 Å². The largest absolute Gasteiger partial charge is 0.333 e. The highest BCUT2D eigenvalue weighted by Gasteiger charge is 2.17. The summed E-state index contributed by atoms with van der Waals surface area (Å²) in [5, 5.41) is 5.09. The van der Waals surface area contributed by atoms with Crippen molar-refractivity contribution in [2.24, 2.45) is 4.99 Å². The van der Waals surface area contributed by atoms with Crippen molar-refractivity contribution in [3.05, 3.63) is 28.8 Å². The Balaban J connectivity index is 1.62. The van der Waals surface area contributed by atoms with Gasteiger partial charge in [-0.15, -0.1) is 11.8 Å². The van der Waals surface area contributed by atoms with Gasteiger partial charge >= 0.3 is 0 Å². The normalized spacial score (nSPS) is 19.3. The van der Waals surface area contributed by atoms with Crippen molar-refractivity contribution in [1.82, 2.24) is 4.90 Å². The second-order valence-corrected chi connectivity index (χ2v) is 6.64. The van der Waals surface area contributed by atoms with Gasteiger partial charge in [0.1, 0.15) is 0 Å². The number of thioether (sulfide) groups is 2. The van der Waals surface area contributed by atoms with Crippen LogP contribution in [0.5, 0.6) is 0 Å². The van der Waals surface area contributed by atoms with Crippen LogP contribution >= 0.6 is 35.1 Å². The highest BCUT2D eigenvalue weighted by Crippen LogP contribution is 2.31. The Morgan fingerprint density at radius 3 is 3.28 bits per heavy atom. The van der Waals surface area contributed by atoms with Crippen LogP contribution < -0.4 is 5.32 Å². The van der Waals surface area contributed by atoms with Crippen LogP contribution in [0.1, 0.15) is 5.56 Å². The number of nitrogens with one attached hydrogen (secondary N) is 1. The molecule has 0 aliphatic carbocycles. The lowest BCUT2D eigenvalue weighted by Crippen LogP contribution is -2.22. The molecule has 0 bridgehead atoms. The number of halogens is 1. The first-order valence-corrected chi connectivity index (χ1v) is 8.36. The lowest BCUT2D eigenvalue weighted by Gasteiger charge is -2.20. The van der Waals surface area contributed by atoms with E-state index in [-0.39, 0.29) is 0 Å². The van der Waals surface area contributed by atoms with Gasteiger partial charge in [0, 0.05) is 18.2 Å². The predicted molar refractivity (Wildman–Crippen MR) is 82.7 cm³/mol. The monoisotopic (exact) mass is 299 g/mol. The lowest BCUT2D eigenvalue weighted by molar-refractivity contribution is 0.422. The van der Waals surface area contributed by atoms with Crippen molar-refractivity contribution in [2.75, 3.05) is 29.4 Å². The Bertz CT molecular complexity index is 472. The molecule has 3 rings (SSSR count). The number of amidine groups is 1. The minimum atomic E-state index is 0.722. The van der Waals surface area contributed by atoms with E-state index in [0.717, 1.165) is 34.2 Å². The molecular weight excluding hydrogens is 286 g/mol. The number of anilines is 1. The van der Waals surface area contributed by atoms with Crippen LogP contribution in [0.2, 0.25) is 5.02 Å².